The Morgan fingerprint density at radius 2 is 1.24 bits per heavy atom. The first-order chi connectivity index (χ1) is 11.9. The number of rotatable bonds is 14. The third-order valence-corrected chi connectivity index (χ3v) is 4.15. The molecule has 2 amide bonds. The van der Waals surface area contributed by atoms with Gasteiger partial charge in [0.1, 0.15) is 12.1 Å². The van der Waals surface area contributed by atoms with Crippen molar-refractivity contribution in [2.24, 2.45) is 5.73 Å². The molecule has 0 fully saturated rings. The molecule has 7 nitrogen and oxygen atoms in total. The van der Waals surface area contributed by atoms with Gasteiger partial charge in [-0.05, 0) is 19.3 Å². The molecule has 7 heteroatoms. The van der Waals surface area contributed by atoms with E-state index in [1.807, 2.05) is 20.8 Å². The summed E-state index contributed by atoms with van der Waals surface area (Å²) in [4.78, 5) is 36.0. The lowest BCUT2D eigenvalue weighted by atomic mass is 10.1. The summed E-state index contributed by atoms with van der Waals surface area (Å²) < 4.78 is 0. The van der Waals surface area contributed by atoms with Crippen LogP contribution in [0, 0.1) is 0 Å². The summed E-state index contributed by atoms with van der Waals surface area (Å²) >= 11 is 0. The van der Waals surface area contributed by atoms with E-state index in [1.165, 1.54) is 0 Å². The van der Waals surface area contributed by atoms with Crippen LogP contribution in [0.5, 0.6) is 0 Å². The van der Waals surface area contributed by atoms with Gasteiger partial charge >= 0.3 is 5.97 Å². The maximum Gasteiger partial charge on any atom is 0.326 e. The first-order valence-corrected chi connectivity index (χ1v) is 9.46. The Labute approximate surface area is 151 Å². The Morgan fingerprint density at radius 1 is 0.800 bits per heavy atom. The molecule has 0 bridgehead atoms. The number of nitrogens with two attached hydrogens (primary N) is 1. The van der Waals surface area contributed by atoms with E-state index in [2.05, 4.69) is 10.6 Å². The van der Waals surface area contributed by atoms with Gasteiger partial charge in [-0.1, -0.05) is 59.3 Å². The minimum Gasteiger partial charge on any atom is -0.480 e. The highest BCUT2D eigenvalue weighted by Crippen LogP contribution is 2.06. The molecule has 0 aliphatic rings. The van der Waals surface area contributed by atoms with Gasteiger partial charge in [0, 0.05) is 0 Å². The maximum absolute atomic E-state index is 12.5. The topological polar surface area (TPSA) is 122 Å². The summed E-state index contributed by atoms with van der Waals surface area (Å²) in [6, 6.07) is -2.32. The molecule has 0 heterocycles. The highest BCUT2D eigenvalue weighted by molar-refractivity contribution is 5.91. The number of hydrogen-bond acceptors (Lipinski definition) is 4. The normalized spacial score (nSPS) is 14.4. The van der Waals surface area contributed by atoms with Crippen LogP contribution in [0.2, 0.25) is 0 Å². The monoisotopic (exact) mass is 357 g/mol. The number of carboxylic acid groups (broad SMARTS) is 1. The number of carboxylic acids is 1. The van der Waals surface area contributed by atoms with Gasteiger partial charge < -0.3 is 21.5 Å². The Morgan fingerprint density at radius 3 is 1.72 bits per heavy atom. The van der Waals surface area contributed by atoms with E-state index >= 15 is 0 Å². The van der Waals surface area contributed by atoms with Crippen LogP contribution in [0.4, 0.5) is 0 Å². The van der Waals surface area contributed by atoms with Crippen molar-refractivity contribution in [3.8, 4) is 0 Å². The SMILES string of the molecule is CCCC[C@H](NC(=O)[C@H](CCCC)NC(=O)[C@@H](N)CCCC)C(=O)O. The molecule has 0 aromatic carbocycles. The van der Waals surface area contributed by atoms with E-state index < -0.39 is 30.0 Å². The minimum absolute atomic E-state index is 0.356. The van der Waals surface area contributed by atoms with E-state index in [4.69, 9.17) is 5.73 Å². The molecule has 0 saturated carbocycles. The fraction of sp³-hybridized carbons (Fsp3) is 0.833. The molecular weight excluding hydrogens is 322 g/mol. The maximum atomic E-state index is 12.5. The van der Waals surface area contributed by atoms with Crippen molar-refractivity contribution in [2.45, 2.75) is 96.7 Å². The molecule has 0 saturated heterocycles. The standard InChI is InChI=1S/C18H35N3O4/c1-4-7-10-13(19)16(22)20-14(11-8-5-2)17(23)21-15(18(24)25)12-9-6-3/h13-15H,4-12,19H2,1-3H3,(H,20,22)(H,21,23)(H,24,25)/t13-,14-,15-/m0/s1. The summed E-state index contributed by atoms with van der Waals surface area (Å²) in [7, 11) is 0. The molecule has 0 aliphatic heterocycles. The smallest absolute Gasteiger partial charge is 0.326 e. The van der Waals surface area contributed by atoms with Crippen molar-refractivity contribution >= 4 is 17.8 Å². The Balaban J connectivity index is 4.83. The zero-order valence-electron chi connectivity index (χ0n) is 15.8. The molecule has 5 N–H and O–H groups in total. The molecular formula is C18H35N3O4. The lowest BCUT2D eigenvalue weighted by Gasteiger charge is -2.23. The first kappa shape index (κ1) is 23.4. The Kier molecular flexibility index (Phi) is 12.7. The predicted octanol–water partition coefficient (Wildman–Crippen LogP) is 1.94. The van der Waals surface area contributed by atoms with Crippen molar-refractivity contribution in [1.82, 2.24) is 10.6 Å². The van der Waals surface area contributed by atoms with E-state index in [-0.39, 0.29) is 5.91 Å². The lowest BCUT2D eigenvalue weighted by molar-refractivity contribution is -0.142. The summed E-state index contributed by atoms with van der Waals surface area (Å²) in [6.45, 7) is 5.97. The van der Waals surface area contributed by atoms with Crippen LogP contribution < -0.4 is 16.4 Å². The second-order valence-electron chi connectivity index (χ2n) is 6.49. The average molecular weight is 357 g/mol. The van der Waals surface area contributed by atoms with Gasteiger partial charge in [-0.2, -0.15) is 0 Å². The van der Waals surface area contributed by atoms with Crippen molar-refractivity contribution in [2.75, 3.05) is 0 Å². The molecule has 0 unspecified atom stereocenters. The number of carbonyl (C=O) groups is 3. The second kappa shape index (κ2) is 13.6. The van der Waals surface area contributed by atoms with Crippen molar-refractivity contribution in [3.63, 3.8) is 0 Å². The Bertz CT molecular complexity index is 415. The molecule has 0 spiro atoms. The highest BCUT2D eigenvalue weighted by Gasteiger charge is 2.27. The zero-order valence-corrected chi connectivity index (χ0v) is 15.8. The molecule has 0 radical (unpaired) electrons. The van der Waals surface area contributed by atoms with Gasteiger partial charge in [0.15, 0.2) is 0 Å². The first-order valence-electron chi connectivity index (χ1n) is 9.46. The van der Waals surface area contributed by atoms with Crippen LogP contribution in [-0.4, -0.2) is 41.0 Å². The third-order valence-electron chi connectivity index (χ3n) is 4.15. The molecule has 25 heavy (non-hydrogen) atoms. The number of nitrogens with one attached hydrogen (secondary N) is 2. The zero-order chi connectivity index (χ0) is 19.2. The van der Waals surface area contributed by atoms with Crippen LogP contribution in [-0.2, 0) is 14.4 Å². The Hall–Kier alpha value is -1.63. The van der Waals surface area contributed by atoms with Gasteiger partial charge in [0.05, 0.1) is 6.04 Å². The molecule has 0 aromatic rings. The molecule has 0 aliphatic carbocycles. The fourth-order valence-electron chi connectivity index (χ4n) is 2.45. The van der Waals surface area contributed by atoms with E-state index in [1.54, 1.807) is 0 Å². The van der Waals surface area contributed by atoms with Gasteiger partial charge in [-0.3, -0.25) is 9.59 Å². The second-order valence-corrected chi connectivity index (χ2v) is 6.49. The van der Waals surface area contributed by atoms with Crippen molar-refractivity contribution < 1.29 is 19.5 Å². The number of aliphatic carboxylic acids is 1. The largest absolute Gasteiger partial charge is 0.480 e. The van der Waals surface area contributed by atoms with Gasteiger partial charge in [-0.15, -0.1) is 0 Å². The number of unbranched alkanes of at least 4 members (excludes halogenated alkanes) is 3. The fourth-order valence-corrected chi connectivity index (χ4v) is 2.45. The lowest BCUT2D eigenvalue weighted by Crippen LogP contribution is -2.54. The number of hydrogen-bond donors (Lipinski definition) is 4. The molecule has 3 atom stereocenters. The van der Waals surface area contributed by atoms with E-state index in [9.17, 15) is 19.5 Å². The van der Waals surface area contributed by atoms with Crippen LogP contribution in [0.25, 0.3) is 0 Å². The predicted molar refractivity (Wildman–Crippen MR) is 98.0 cm³/mol. The summed E-state index contributed by atoms with van der Waals surface area (Å²) in [5.41, 5.74) is 5.86. The van der Waals surface area contributed by atoms with E-state index in [0.29, 0.717) is 25.7 Å². The van der Waals surface area contributed by atoms with Gasteiger partial charge in [0.25, 0.3) is 0 Å². The molecule has 0 aromatic heterocycles. The number of amides is 2. The minimum atomic E-state index is -1.05. The van der Waals surface area contributed by atoms with Crippen molar-refractivity contribution in [1.29, 1.82) is 0 Å². The van der Waals surface area contributed by atoms with Crippen molar-refractivity contribution in [3.05, 3.63) is 0 Å². The highest BCUT2D eigenvalue weighted by atomic mass is 16.4. The molecule has 0 rings (SSSR count). The summed E-state index contributed by atoms with van der Waals surface area (Å²) in [5, 5.41) is 14.5. The third kappa shape index (κ3) is 10.1. The number of carbonyl (C=O) groups excluding carboxylic acids is 2. The van der Waals surface area contributed by atoms with Crippen LogP contribution >= 0.6 is 0 Å². The summed E-state index contributed by atoms with van der Waals surface area (Å²) in [5.74, 6) is -1.86. The van der Waals surface area contributed by atoms with Crippen LogP contribution in [0.15, 0.2) is 0 Å². The van der Waals surface area contributed by atoms with Gasteiger partial charge in [0.2, 0.25) is 11.8 Å². The summed E-state index contributed by atoms with van der Waals surface area (Å²) in [6.07, 6.45) is 6.40. The van der Waals surface area contributed by atoms with Crippen LogP contribution in [0.3, 0.4) is 0 Å². The van der Waals surface area contributed by atoms with Gasteiger partial charge in [-0.25, -0.2) is 4.79 Å². The van der Waals surface area contributed by atoms with Crippen LogP contribution in [0.1, 0.15) is 78.6 Å². The quantitative estimate of drug-likeness (QED) is 0.378. The average Bonchev–Trinajstić information content (AvgIpc) is 2.59. The molecule has 146 valence electrons. The van der Waals surface area contributed by atoms with E-state index in [0.717, 1.165) is 32.1 Å².